The Morgan fingerprint density at radius 3 is 1.81 bits per heavy atom. The third-order valence-corrected chi connectivity index (χ3v) is 3.71. The maximum absolute atomic E-state index is 10.7. The zero-order chi connectivity index (χ0) is 15.2. The molecule has 0 aliphatic carbocycles. The van der Waals surface area contributed by atoms with Crippen LogP contribution in [-0.4, -0.2) is 64.8 Å². The van der Waals surface area contributed by atoms with Crippen molar-refractivity contribution in [2.75, 3.05) is 13.1 Å². The molecule has 0 amide bonds. The number of carboxylic acid groups (broad SMARTS) is 1. The summed E-state index contributed by atoms with van der Waals surface area (Å²) in [5.74, 6) is -0.797. The van der Waals surface area contributed by atoms with Gasteiger partial charge in [0.25, 0.3) is 0 Å². The zero-order valence-corrected chi connectivity index (χ0v) is 13.4. The van der Waals surface area contributed by atoms with E-state index < -0.39 is 5.97 Å². The summed E-state index contributed by atoms with van der Waals surface area (Å²) in [5, 5.41) is 8.80. The molecule has 0 aromatic heterocycles. The van der Waals surface area contributed by atoms with Gasteiger partial charge in [-0.3, -0.25) is 9.69 Å². The van der Waals surface area contributed by atoms with Crippen LogP contribution < -0.4 is 5.73 Å². The Balaban J connectivity index is 0. The molecule has 1 atom stereocenters. The van der Waals surface area contributed by atoms with Crippen LogP contribution in [-0.2, 0) is 4.79 Å². The quantitative estimate of drug-likeness (QED) is 0.294. The van der Waals surface area contributed by atoms with E-state index in [1.165, 1.54) is 57.8 Å². The Morgan fingerprint density at radius 1 is 1.00 bits per heavy atom. The van der Waals surface area contributed by atoms with Crippen molar-refractivity contribution in [3.8, 4) is 0 Å². The van der Waals surface area contributed by atoms with Crippen LogP contribution in [0.5, 0.6) is 0 Å². The van der Waals surface area contributed by atoms with E-state index in [1.807, 2.05) is 11.8 Å². The van der Waals surface area contributed by atoms with E-state index >= 15 is 0 Å². The number of carbonyl (C=O) groups is 1. The average molecular weight is 310 g/mol. The molecule has 0 fully saturated rings. The molecular weight excluding hydrogens is 275 g/mol. The van der Waals surface area contributed by atoms with Crippen molar-refractivity contribution >= 4 is 35.5 Å². The summed E-state index contributed by atoms with van der Waals surface area (Å²) >= 11 is 0. The number of hydrogen-bond donors (Lipinski definition) is 2. The van der Waals surface area contributed by atoms with E-state index in [-0.39, 0.29) is 42.3 Å². The molecule has 122 valence electrons. The third kappa shape index (κ3) is 16.6. The second-order valence-electron chi connectivity index (χ2n) is 5.79. The number of nitrogens with two attached hydrogens (primary N) is 1. The Hall–Kier alpha value is 0.390. The maximum atomic E-state index is 10.7. The van der Waals surface area contributed by atoms with Gasteiger partial charge in [0.2, 0.25) is 0 Å². The molecule has 4 nitrogen and oxygen atoms in total. The van der Waals surface area contributed by atoms with Crippen molar-refractivity contribution in [2.24, 2.45) is 5.73 Å². The van der Waals surface area contributed by atoms with Crippen molar-refractivity contribution in [3.63, 3.8) is 0 Å². The predicted molar refractivity (Wildman–Crippen MR) is 91.9 cm³/mol. The minimum atomic E-state index is -0.797. The zero-order valence-electron chi connectivity index (χ0n) is 13.4. The van der Waals surface area contributed by atoms with Crippen molar-refractivity contribution in [2.45, 2.75) is 84.2 Å². The SMILES string of the molecule is CCCCCCCCCCCCN(CC(=O)O)C(C)N.[NaH]. The van der Waals surface area contributed by atoms with Crippen molar-refractivity contribution in [1.29, 1.82) is 0 Å². The van der Waals surface area contributed by atoms with Crippen LogP contribution in [0.1, 0.15) is 78.1 Å². The molecule has 0 saturated heterocycles. The normalized spacial score (nSPS) is 12.2. The monoisotopic (exact) mass is 310 g/mol. The molecule has 5 heteroatoms. The Morgan fingerprint density at radius 2 is 1.43 bits per heavy atom. The van der Waals surface area contributed by atoms with Crippen LogP contribution in [0.2, 0.25) is 0 Å². The summed E-state index contributed by atoms with van der Waals surface area (Å²) in [7, 11) is 0. The van der Waals surface area contributed by atoms with Crippen molar-refractivity contribution in [1.82, 2.24) is 4.90 Å². The fourth-order valence-electron chi connectivity index (χ4n) is 2.40. The molecule has 0 bridgehead atoms. The van der Waals surface area contributed by atoms with E-state index in [9.17, 15) is 4.79 Å². The first-order valence-electron chi connectivity index (χ1n) is 8.29. The Bertz CT molecular complexity index is 238. The number of nitrogens with zero attached hydrogens (tertiary/aromatic N) is 1. The first-order chi connectivity index (χ1) is 9.57. The van der Waals surface area contributed by atoms with Gasteiger partial charge in [0.15, 0.2) is 0 Å². The van der Waals surface area contributed by atoms with Crippen LogP contribution in [0, 0.1) is 0 Å². The Kier molecular flexibility index (Phi) is 18.9. The topological polar surface area (TPSA) is 66.6 Å². The van der Waals surface area contributed by atoms with E-state index in [2.05, 4.69) is 6.92 Å². The van der Waals surface area contributed by atoms with Crippen LogP contribution in [0.4, 0.5) is 0 Å². The van der Waals surface area contributed by atoms with Crippen molar-refractivity contribution in [3.05, 3.63) is 0 Å². The van der Waals surface area contributed by atoms with Crippen LogP contribution in [0.3, 0.4) is 0 Å². The standard InChI is InChI=1S/C16H34N2O2.Na.H/c1-3-4-5-6-7-8-9-10-11-12-13-18(15(2)17)14-16(19)20;;/h15H,3-14,17H2,1-2H3,(H,19,20);;. The summed E-state index contributed by atoms with van der Waals surface area (Å²) in [6.07, 6.45) is 12.8. The summed E-state index contributed by atoms with van der Waals surface area (Å²) in [4.78, 5) is 12.5. The molecule has 0 saturated carbocycles. The van der Waals surface area contributed by atoms with Gasteiger partial charge in [-0.2, -0.15) is 0 Å². The van der Waals surface area contributed by atoms with Gasteiger partial charge < -0.3 is 10.8 Å². The summed E-state index contributed by atoms with van der Waals surface area (Å²) in [6.45, 7) is 4.94. The van der Waals surface area contributed by atoms with Crippen LogP contribution in [0.15, 0.2) is 0 Å². The van der Waals surface area contributed by atoms with E-state index in [0.717, 1.165) is 13.0 Å². The third-order valence-electron chi connectivity index (χ3n) is 3.71. The first kappa shape index (κ1) is 23.7. The molecule has 21 heavy (non-hydrogen) atoms. The minimum absolute atomic E-state index is 0. The number of unbranched alkanes of at least 4 members (excludes halogenated alkanes) is 9. The molecular formula is C16H35N2NaO2. The molecule has 0 aliphatic rings. The van der Waals surface area contributed by atoms with Gasteiger partial charge >= 0.3 is 35.5 Å². The molecule has 0 heterocycles. The summed E-state index contributed by atoms with van der Waals surface area (Å²) in [6, 6.07) is 0. The van der Waals surface area contributed by atoms with Crippen molar-refractivity contribution < 1.29 is 9.90 Å². The fourth-order valence-corrected chi connectivity index (χ4v) is 2.40. The van der Waals surface area contributed by atoms with Gasteiger partial charge in [-0.1, -0.05) is 64.7 Å². The molecule has 0 aromatic rings. The summed E-state index contributed by atoms with van der Waals surface area (Å²) in [5.41, 5.74) is 5.77. The first-order valence-corrected chi connectivity index (χ1v) is 8.29. The van der Waals surface area contributed by atoms with Gasteiger partial charge in [0, 0.05) is 6.54 Å². The molecule has 0 aromatic carbocycles. The summed E-state index contributed by atoms with van der Waals surface area (Å²) < 4.78 is 0. The molecule has 1 unspecified atom stereocenters. The number of rotatable bonds is 14. The van der Waals surface area contributed by atoms with E-state index in [1.54, 1.807) is 0 Å². The van der Waals surface area contributed by atoms with Gasteiger partial charge in [-0.15, -0.1) is 0 Å². The predicted octanol–water partition coefficient (Wildman–Crippen LogP) is 2.95. The second-order valence-corrected chi connectivity index (χ2v) is 5.79. The fraction of sp³-hybridized carbons (Fsp3) is 0.938. The number of carboxylic acids is 1. The molecule has 3 N–H and O–H groups in total. The van der Waals surface area contributed by atoms with Gasteiger partial charge in [0.05, 0.1) is 12.7 Å². The van der Waals surface area contributed by atoms with E-state index in [0.29, 0.717) is 0 Å². The second kappa shape index (κ2) is 16.8. The number of hydrogen-bond acceptors (Lipinski definition) is 3. The number of aliphatic carboxylic acids is 1. The van der Waals surface area contributed by atoms with Gasteiger partial charge in [-0.25, -0.2) is 0 Å². The molecule has 0 rings (SSSR count). The Labute approximate surface area is 153 Å². The van der Waals surface area contributed by atoms with E-state index in [4.69, 9.17) is 10.8 Å². The molecule has 0 spiro atoms. The molecule has 0 aliphatic heterocycles. The van der Waals surface area contributed by atoms with Gasteiger partial charge in [-0.05, 0) is 13.3 Å². The van der Waals surface area contributed by atoms with Crippen LogP contribution >= 0.6 is 0 Å². The van der Waals surface area contributed by atoms with Gasteiger partial charge in [0.1, 0.15) is 0 Å². The molecule has 0 radical (unpaired) electrons. The van der Waals surface area contributed by atoms with Crippen LogP contribution in [0.25, 0.3) is 0 Å². The average Bonchev–Trinajstić information content (AvgIpc) is 2.39.